The van der Waals surface area contributed by atoms with Crippen LogP contribution in [0.15, 0.2) is 24.3 Å². The van der Waals surface area contributed by atoms with Crippen LogP contribution in [0.25, 0.3) is 0 Å². The molecule has 1 fully saturated rings. The molecule has 0 aromatic heterocycles. The molecular weight excluding hydrogens is 288 g/mol. The maximum Gasteiger partial charge on any atom is 0.223 e. The van der Waals surface area contributed by atoms with Crippen molar-refractivity contribution in [3.8, 4) is 5.75 Å². The Morgan fingerprint density at radius 1 is 1.24 bits per heavy atom. The van der Waals surface area contributed by atoms with Crippen LogP contribution in [0, 0.1) is 5.92 Å². The first-order chi connectivity index (χ1) is 9.84. The number of hydrogen-bond donors (Lipinski definition) is 2. The number of ether oxygens (including phenoxy) is 1. The highest BCUT2D eigenvalue weighted by molar-refractivity contribution is 5.85. The highest BCUT2D eigenvalue weighted by Crippen LogP contribution is 2.32. The van der Waals surface area contributed by atoms with Gasteiger partial charge in [-0.3, -0.25) is 4.79 Å². The van der Waals surface area contributed by atoms with Crippen molar-refractivity contribution in [2.45, 2.75) is 25.2 Å². The molecule has 1 saturated heterocycles. The molecule has 1 unspecified atom stereocenters. The van der Waals surface area contributed by atoms with Crippen molar-refractivity contribution in [3.63, 3.8) is 0 Å². The number of halogens is 1. The van der Waals surface area contributed by atoms with Gasteiger partial charge in [0.1, 0.15) is 5.75 Å². The molecule has 3 rings (SSSR count). The summed E-state index contributed by atoms with van der Waals surface area (Å²) < 4.78 is 5.66. The van der Waals surface area contributed by atoms with Crippen LogP contribution in [-0.4, -0.2) is 32.1 Å². The second-order valence-corrected chi connectivity index (χ2v) is 5.64. The number of rotatable bonds is 3. The van der Waals surface area contributed by atoms with Gasteiger partial charge in [0.15, 0.2) is 0 Å². The molecule has 2 N–H and O–H groups in total. The molecule has 0 spiro atoms. The second-order valence-electron chi connectivity index (χ2n) is 5.64. The summed E-state index contributed by atoms with van der Waals surface area (Å²) in [5, 5.41) is 6.43. The van der Waals surface area contributed by atoms with E-state index in [1.807, 2.05) is 18.2 Å². The van der Waals surface area contributed by atoms with Crippen molar-refractivity contribution in [1.29, 1.82) is 0 Å². The lowest BCUT2D eigenvalue weighted by Gasteiger charge is -2.27. The zero-order valence-electron chi connectivity index (χ0n) is 12.1. The Balaban J connectivity index is 0.00000161. The molecule has 116 valence electrons. The lowest BCUT2D eigenvalue weighted by molar-refractivity contribution is -0.125. The largest absolute Gasteiger partial charge is 0.493 e. The van der Waals surface area contributed by atoms with Crippen LogP contribution < -0.4 is 15.4 Å². The van der Waals surface area contributed by atoms with E-state index in [-0.39, 0.29) is 24.2 Å². The van der Waals surface area contributed by atoms with Crippen LogP contribution in [0.3, 0.4) is 0 Å². The molecule has 2 heterocycles. The average Bonchev–Trinajstić information content (AvgIpc) is 2.53. The number of nitrogens with one attached hydrogen (secondary N) is 2. The van der Waals surface area contributed by atoms with Gasteiger partial charge in [-0.05, 0) is 44.0 Å². The van der Waals surface area contributed by atoms with Crippen LogP contribution in [0.5, 0.6) is 5.75 Å². The smallest absolute Gasteiger partial charge is 0.223 e. The first-order valence-corrected chi connectivity index (χ1v) is 7.55. The summed E-state index contributed by atoms with van der Waals surface area (Å²) in [5.74, 6) is 1.76. The minimum absolute atomic E-state index is 0. The van der Waals surface area contributed by atoms with Crippen LogP contribution in [0.1, 0.15) is 30.7 Å². The summed E-state index contributed by atoms with van der Waals surface area (Å²) in [7, 11) is 0. The predicted octanol–water partition coefficient (Wildman–Crippen LogP) is 2.09. The van der Waals surface area contributed by atoms with E-state index >= 15 is 0 Å². The van der Waals surface area contributed by atoms with E-state index in [1.165, 1.54) is 5.56 Å². The molecule has 2 aliphatic rings. The molecule has 0 radical (unpaired) electrons. The molecule has 4 nitrogen and oxygen atoms in total. The predicted molar refractivity (Wildman–Crippen MR) is 85.1 cm³/mol. The fourth-order valence-corrected chi connectivity index (χ4v) is 3.08. The minimum Gasteiger partial charge on any atom is -0.493 e. The fraction of sp³-hybridized carbons (Fsp3) is 0.562. The van der Waals surface area contributed by atoms with Crippen molar-refractivity contribution in [1.82, 2.24) is 10.6 Å². The van der Waals surface area contributed by atoms with Gasteiger partial charge in [0, 0.05) is 18.4 Å². The lowest BCUT2D eigenvalue weighted by atomic mass is 9.92. The highest BCUT2D eigenvalue weighted by atomic mass is 35.5. The average molecular weight is 311 g/mol. The maximum absolute atomic E-state index is 12.2. The molecule has 1 amide bonds. The van der Waals surface area contributed by atoms with Crippen molar-refractivity contribution in [2.75, 3.05) is 26.2 Å². The Morgan fingerprint density at radius 3 is 2.81 bits per heavy atom. The van der Waals surface area contributed by atoms with Gasteiger partial charge in [0.05, 0.1) is 6.61 Å². The normalized spacial score (nSPS) is 21.6. The van der Waals surface area contributed by atoms with Gasteiger partial charge < -0.3 is 15.4 Å². The van der Waals surface area contributed by atoms with Crippen molar-refractivity contribution in [2.24, 2.45) is 5.92 Å². The zero-order chi connectivity index (χ0) is 13.8. The zero-order valence-corrected chi connectivity index (χ0v) is 13.0. The molecule has 0 aliphatic carbocycles. The Labute approximate surface area is 132 Å². The topological polar surface area (TPSA) is 50.4 Å². The number of fused-ring (bicyclic) bond motifs is 1. The van der Waals surface area contributed by atoms with Gasteiger partial charge >= 0.3 is 0 Å². The number of amides is 1. The quantitative estimate of drug-likeness (QED) is 0.899. The number of carbonyl (C=O) groups is 1. The van der Waals surface area contributed by atoms with E-state index in [4.69, 9.17) is 4.74 Å². The van der Waals surface area contributed by atoms with E-state index in [0.717, 1.165) is 51.3 Å². The molecule has 1 aromatic carbocycles. The molecule has 2 aliphatic heterocycles. The van der Waals surface area contributed by atoms with Crippen molar-refractivity contribution >= 4 is 18.3 Å². The maximum atomic E-state index is 12.2. The number of carbonyl (C=O) groups excluding carboxylic acids is 1. The minimum atomic E-state index is 0. The van der Waals surface area contributed by atoms with Crippen molar-refractivity contribution < 1.29 is 9.53 Å². The first-order valence-electron chi connectivity index (χ1n) is 7.55. The van der Waals surface area contributed by atoms with E-state index in [2.05, 4.69) is 16.7 Å². The van der Waals surface area contributed by atoms with Gasteiger partial charge in [0.25, 0.3) is 0 Å². The van der Waals surface area contributed by atoms with Gasteiger partial charge in [-0.2, -0.15) is 0 Å². The van der Waals surface area contributed by atoms with E-state index in [1.54, 1.807) is 0 Å². The summed E-state index contributed by atoms with van der Waals surface area (Å²) in [6.45, 7) is 3.38. The second kappa shape index (κ2) is 7.66. The first kappa shape index (κ1) is 16.1. The Morgan fingerprint density at radius 2 is 2.00 bits per heavy atom. The molecule has 0 saturated carbocycles. The van der Waals surface area contributed by atoms with Gasteiger partial charge in [-0.25, -0.2) is 0 Å². The Bertz CT molecular complexity index is 475. The molecular formula is C16H23ClN2O2. The lowest BCUT2D eigenvalue weighted by Crippen LogP contribution is -2.40. The van der Waals surface area contributed by atoms with Gasteiger partial charge in [-0.15, -0.1) is 12.4 Å². The standard InChI is InChI=1S/C16H22N2O2.ClH/c19-16(12-5-8-17-9-6-12)18-11-13-7-10-20-15-4-2-1-3-14(13)15;/h1-4,12-13,17H,5-11H2,(H,18,19);1H. The third-order valence-corrected chi connectivity index (χ3v) is 4.32. The summed E-state index contributed by atoms with van der Waals surface area (Å²) in [5.41, 5.74) is 1.23. The highest BCUT2D eigenvalue weighted by Gasteiger charge is 2.24. The van der Waals surface area contributed by atoms with E-state index in [9.17, 15) is 4.79 Å². The van der Waals surface area contributed by atoms with Crippen LogP contribution in [-0.2, 0) is 4.79 Å². The van der Waals surface area contributed by atoms with Crippen molar-refractivity contribution in [3.05, 3.63) is 29.8 Å². The summed E-state index contributed by atoms with van der Waals surface area (Å²) >= 11 is 0. The van der Waals surface area contributed by atoms with E-state index in [0.29, 0.717) is 5.92 Å². The summed E-state index contributed by atoms with van der Waals surface area (Å²) in [6.07, 6.45) is 2.88. The SMILES string of the molecule is Cl.O=C(NCC1CCOc2ccccc21)C1CCNCC1. The number of para-hydroxylation sites is 1. The van der Waals surface area contributed by atoms with Crippen LogP contribution >= 0.6 is 12.4 Å². The molecule has 0 bridgehead atoms. The fourth-order valence-electron chi connectivity index (χ4n) is 3.08. The van der Waals surface area contributed by atoms with Crippen LogP contribution in [0.2, 0.25) is 0 Å². The Hall–Kier alpha value is -1.26. The molecule has 21 heavy (non-hydrogen) atoms. The van der Waals surface area contributed by atoms with Crippen LogP contribution in [0.4, 0.5) is 0 Å². The summed E-state index contributed by atoms with van der Waals surface area (Å²) in [4.78, 5) is 12.2. The summed E-state index contributed by atoms with van der Waals surface area (Å²) in [6, 6.07) is 8.15. The number of hydrogen-bond acceptors (Lipinski definition) is 3. The number of piperidine rings is 1. The molecule has 1 atom stereocenters. The van der Waals surface area contributed by atoms with Gasteiger partial charge in [-0.1, -0.05) is 18.2 Å². The number of benzene rings is 1. The third kappa shape index (κ3) is 3.89. The Kier molecular flexibility index (Phi) is 5.88. The third-order valence-electron chi connectivity index (χ3n) is 4.32. The molecule has 5 heteroatoms. The monoisotopic (exact) mass is 310 g/mol. The molecule has 1 aromatic rings. The van der Waals surface area contributed by atoms with Gasteiger partial charge in [0.2, 0.25) is 5.91 Å². The van der Waals surface area contributed by atoms with E-state index < -0.39 is 0 Å².